The highest BCUT2D eigenvalue weighted by Crippen LogP contribution is 2.27. The summed E-state index contributed by atoms with van der Waals surface area (Å²) in [6.45, 7) is 5.45. The summed E-state index contributed by atoms with van der Waals surface area (Å²) in [6.07, 6.45) is 1.50. The van der Waals surface area contributed by atoms with Gasteiger partial charge >= 0.3 is 0 Å². The van der Waals surface area contributed by atoms with E-state index < -0.39 is 0 Å². The van der Waals surface area contributed by atoms with Crippen molar-refractivity contribution in [2.75, 3.05) is 26.7 Å². The van der Waals surface area contributed by atoms with Gasteiger partial charge in [-0.15, -0.1) is 0 Å². The SMILES string of the molecule is CCN(C(C)=O)[C@H]1CCN(C(=O)CCc2nc(-c3ccccc3OC)no2)C1. The number of likely N-dealkylation sites (N-methyl/N-ethyl adjacent to an activating group) is 1. The van der Waals surface area contributed by atoms with E-state index >= 15 is 0 Å². The van der Waals surface area contributed by atoms with Crippen LogP contribution in [0.1, 0.15) is 32.6 Å². The average molecular weight is 386 g/mol. The molecule has 1 fully saturated rings. The average Bonchev–Trinajstić information content (AvgIpc) is 3.36. The van der Waals surface area contributed by atoms with E-state index in [0.717, 1.165) is 12.0 Å². The van der Waals surface area contributed by atoms with E-state index in [0.29, 0.717) is 49.9 Å². The third-order valence-electron chi connectivity index (χ3n) is 5.07. The van der Waals surface area contributed by atoms with E-state index in [1.165, 1.54) is 0 Å². The maximum absolute atomic E-state index is 12.5. The molecule has 8 heteroatoms. The molecule has 1 aliphatic rings. The van der Waals surface area contributed by atoms with Crippen LogP contribution in [-0.2, 0) is 16.0 Å². The molecule has 0 spiro atoms. The van der Waals surface area contributed by atoms with E-state index in [4.69, 9.17) is 9.26 Å². The van der Waals surface area contributed by atoms with E-state index in [1.807, 2.05) is 41.0 Å². The Hall–Kier alpha value is -2.90. The maximum atomic E-state index is 12.5. The Balaban J connectivity index is 1.56. The van der Waals surface area contributed by atoms with Crippen molar-refractivity contribution >= 4 is 11.8 Å². The number of rotatable bonds is 7. The molecule has 3 rings (SSSR count). The van der Waals surface area contributed by atoms with Crippen LogP contribution < -0.4 is 4.74 Å². The topological polar surface area (TPSA) is 88.8 Å². The molecule has 0 N–H and O–H groups in total. The zero-order chi connectivity index (χ0) is 20.1. The van der Waals surface area contributed by atoms with Crippen LogP contribution in [0, 0.1) is 0 Å². The van der Waals surface area contributed by atoms with Gasteiger partial charge in [0.15, 0.2) is 0 Å². The molecule has 2 aromatic rings. The normalized spacial score (nSPS) is 16.2. The van der Waals surface area contributed by atoms with Gasteiger partial charge in [-0.1, -0.05) is 17.3 Å². The number of para-hydroxylation sites is 1. The first-order valence-electron chi connectivity index (χ1n) is 9.54. The van der Waals surface area contributed by atoms with Crippen molar-refractivity contribution in [2.45, 2.75) is 39.2 Å². The number of aromatic nitrogens is 2. The van der Waals surface area contributed by atoms with E-state index in [1.54, 1.807) is 14.0 Å². The molecule has 2 amide bonds. The maximum Gasteiger partial charge on any atom is 0.227 e. The van der Waals surface area contributed by atoms with Gasteiger partial charge in [0.1, 0.15) is 5.75 Å². The molecule has 0 aliphatic carbocycles. The van der Waals surface area contributed by atoms with Crippen molar-refractivity contribution in [3.05, 3.63) is 30.2 Å². The molecule has 0 saturated carbocycles. The highest BCUT2D eigenvalue weighted by atomic mass is 16.5. The molecule has 150 valence electrons. The Morgan fingerprint density at radius 3 is 2.86 bits per heavy atom. The monoisotopic (exact) mass is 386 g/mol. The number of amides is 2. The lowest BCUT2D eigenvalue weighted by Crippen LogP contribution is -2.41. The Morgan fingerprint density at radius 1 is 1.36 bits per heavy atom. The number of carbonyl (C=O) groups excluding carboxylic acids is 2. The third kappa shape index (κ3) is 4.32. The summed E-state index contributed by atoms with van der Waals surface area (Å²) in [7, 11) is 1.59. The molecule has 0 bridgehead atoms. The Kier molecular flexibility index (Phi) is 6.28. The molecule has 1 aliphatic heterocycles. The van der Waals surface area contributed by atoms with Gasteiger partial charge in [-0.2, -0.15) is 4.98 Å². The van der Waals surface area contributed by atoms with Crippen LogP contribution in [0.15, 0.2) is 28.8 Å². The van der Waals surface area contributed by atoms with Gasteiger partial charge in [0.25, 0.3) is 0 Å². The van der Waals surface area contributed by atoms with Gasteiger partial charge in [-0.3, -0.25) is 9.59 Å². The minimum atomic E-state index is 0.0409. The van der Waals surface area contributed by atoms with Crippen molar-refractivity contribution in [2.24, 2.45) is 0 Å². The highest BCUT2D eigenvalue weighted by Gasteiger charge is 2.30. The molecule has 1 atom stereocenters. The molecular formula is C20H26N4O4. The first-order valence-corrected chi connectivity index (χ1v) is 9.54. The van der Waals surface area contributed by atoms with Gasteiger partial charge in [-0.25, -0.2) is 0 Å². The summed E-state index contributed by atoms with van der Waals surface area (Å²) < 4.78 is 10.6. The lowest BCUT2D eigenvalue weighted by Gasteiger charge is -2.26. The fraction of sp³-hybridized carbons (Fsp3) is 0.500. The molecule has 28 heavy (non-hydrogen) atoms. The minimum Gasteiger partial charge on any atom is -0.496 e. The fourth-order valence-corrected chi connectivity index (χ4v) is 3.63. The van der Waals surface area contributed by atoms with E-state index in [2.05, 4.69) is 10.1 Å². The summed E-state index contributed by atoms with van der Waals surface area (Å²) >= 11 is 0. The predicted octanol–water partition coefficient (Wildman–Crippen LogP) is 2.15. The second-order valence-electron chi connectivity index (χ2n) is 6.80. The Morgan fingerprint density at radius 2 is 2.14 bits per heavy atom. The first-order chi connectivity index (χ1) is 13.5. The number of nitrogens with zero attached hydrogens (tertiary/aromatic N) is 4. The number of methoxy groups -OCH3 is 1. The van der Waals surface area contributed by atoms with Crippen LogP contribution in [0.3, 0.4) is 0 Å². The lowest BCUT2D eigenvalue weighted by atomic mass is 10.2. The number of likely N-dealkylation sites (tertiary alicyclic amines) is 1. The smallest absolute Gasteiger partial charge is 0.227 e. The summed E-state index contributed by atoms with van der Waals surface area (Å²) in [5.41, 5.74) is 0.748. The van der Waals surface area contributed by atoms with Crippen LogP contribution >= 0.6 is 0 Å². The zero-order valence-electron chi connectivity index (χ0n) is 16.6. The third-order valence-corrected chi connectivity index (χ3v) is 5.07. The van der Waals surface area contributed by atoms with E-state index in [9.17, 15) is 9.59 Å². The first kappa shape index (κ1) is 19.9. The largest absolute Gasteiger partial charge is 0.496 e. The van der Waals surface area contributed by atoms with Gasteiger partial charge < -0.3 is 19.1 Å². The number of benzene rings is 1. The van der Waals surface area contributed by atoms with Crippen LogP contribution in [0.25, 0.3) is 11.4 Å². The summed E-state index contributed by atoms with van der Waals surface area (Å²) in [6, 6.07) is 7.54. The number of aryl methyl sites for hydroxylation is 1. The van der Waals surface area contributed by atoms with Gasteiger partial charge in [-0.05, 0) is 25.5 Å². The summed E-state index contributed by atoms with van der Waals surface area (Å²) in [5, 5.41) is 4.00. The molecule has 0 radical (unpaired) electrons. The summed E-state index contributed by atoms with van der Waals surface area (Å²) in [4.78, 5) is 32.3. The number of hydrogen-bond donors (Lipinski definition) is 0. The molecule has 1 saturated heterocycles. The van der Waals surface area contributed by atoms with Crippen LogP contribution in [0.5, 0.6) is 5.75 Å². The van der Waals surface area contributed by atoms with Crippen LogP contribution in [0.4, 0.5) is 0 Å². The van der Waals surface area contributed by atoms with Crippen molar-refractivity contribution in [1.82, 2.24) is 19.9 Å². The molecule has 2 heterocycles. The molecular weight excluding hydrogens is 360 g/mol. The Bertz CT molecular complexity index is 835. The van der Waals surface area contributed by atoms with Crippen molar-refractivity contribution in [1.29, 1.82) is 0 Å². The Labute approximate surface area is 164 Å². The van der Waals surface area contributed by atoms with Crippen molar-refractivity contribution < 1.29 is 18.8 Å². The second-order valence-corrected chi connectivity index (χ2v) is 6.80. The van der Waals surface area contributed by atoms with Gasteiger partial charge in [0.2, 0.25) is 23.5 Å². The molecule has 8 nitrogen and oxygen atoms in total. The number of hydrogen-bond acceptors (Lipinski definition) is 6. The second kappa shape index (κ2) is 8.86. The van der Waals surface area contributed by atoms with E-state index in [-0.39, 0.29) is 17.9 Å². The fourth-order valence-electron chi connectivity index (χ4n) is 3.63. The van der Waals surface area contributed by atoms with Crippen molar-refractivity contribution in [3.63, 3.8) is 0 Å². The number of ether oxygens (including phenoxy) is 1. The summed E-state index contributed by atoms with van der Waals surface area (Å²) in [5.74, 6) is 1.63. The minimum absolute atomic E-state index is 0.0409. The molecule has 0 unspecified atom stereocenters. The molecule has 1 aromatic heterocycles. The standard InChI is InChI=1S/C20H26N4O4/c1-4-24(14(2)25)15-11-12-23(13-15)19(26)10-9-18-21-20(22-28-18)16-7-5-6-8-17(16)27-3/h5-8,15H,4,9-13H2,1-3H3/t15-/m0/s1. The zero-order valence-corrected chi connectivity index (χ0v) is 16.6. The van der Waals surface area contributed by atoms with Gasteiger partial charge in [0, 0.05) is 39.4 Å². The quantitative estimate of drug-likeness (QED) is 0.724. The van der Waals surface area contributed by atoms with Crippen molar-refractivity contribution in [3.8, 4) is 17.1 Å². The predicted molar refractivity (Wildman–Crippen MR) is 103 cm³/mol. The van der Waals surface area contributed by atoms with Gasteiger partial charge in [0.05, 0.1) is 18.7 Å². The molecule has 1 aromatic carbocycles. The van der Waals surface area contributed by atoms with Crippen LogP contribution in [0.2, 0.25) is 0 Å². The van der Waals surface area contributed by atoms with Crippen LogP contribution in [-0.4, -0.2) is 64.5 Å². The lowest BCUT2D eigenvalue weighted by molar-refractivity contribution is -0.133. The number of carbonyl (C=O) groups is 2. The highest BCUT2D eigenvalue weighted by molar-refractivity contribution is 5.77.